The van der Waals surface area contributed by atoms with Crippen molar-refractivity contribution in [2.24, 2.45) is 0 Å². The molecule has 3 rings (SSSR count). The zero-order valence-corrected chi connectivity index (χ0v) is 10.2. The smallest absolute Gasteiger partial charge is 0.305 e. The maximum atomic E-state index is 13.3. The summed E-state index contributed by atoms with van der Waals surface area (Å²) in [5, 5.41) is 0.447. The first-order chi connectivity index (χ1) is 9.06. The average Bonchev–Trinajstić information content (AvgIpc) is 2.68. The molecule has 0 fully saturated rings. The number of aromatic amines is 1. The van der Waals surface area contributed by atoms with Crippen molar-refractivity contribution in [1.82, 2.24) is 9.55 Å². The van der Waals surface area contributed by atoms with Crippen molar-refractivity contribution >= 4 is 22.6 Å². The summed E-state index contributed by atoms with van der Waals surface area (Å²) in [5.74, 6) is -1.98. The van der Waals surface area contributed by atoms with E-state index in [4.69, 9.17) is 11.6 Å². The van der Waals surface area contributed by atoms with Gasteiger partial charge in [-0.25, -0.2) is 13.6 Å². The summed E-state index contributed by atoms with van der Waals surface area (Å²) in [6, 6.07) is 8.13. The Morgan fingerprint density at radius 1 is 1.05 bits per heavy atom. The van der Waals surface area contributed by atoms with Gasteiger partial charge in [0.1, 0.15) is 0 Å². The Bertz CT molecular complexity index is 838. The highest BCUT2D eigenvalue weighted by atomic mass is 35.5. The Kier molecular flexibility index (Phi) is 2.64. The van der Waals surface area contributed by atoms with Gasteiger partial charge in [-0.1, -0.05) is 11.6 Å². The van der Waals surface area contributed by atoms with Crippen molar-refractivity contribution in [3.8, 4) is 5.69 Å². The first-order valence-electron chi connectivity index (χ1n) is 5.42. The van der Waals surface area contributed by atoms with Crippen LogP contribution in [0.5, 0.6) is 0 Å². The minimum atomic E-state index is -1.01. The lowest BCUT2D eigenvalue weighted by Crippen LogP contribution is -2.14. The predicted molar refractivity (Wildman–Crippen MR) is 68.8 cm³/mol. The largest absolute Gasteiger partial charge is 0.331 e. The standard InChI is InChI=1S/C13H7ClF2N2O/c14-7-1-4-11-12(5-7)18(13(19)17-11)8-2-3-9(15)10(16)6-8/h1-6H,(H,17,19). The molecule has 6 heteroatoms. The third kappa shape index (κ3) is 1.92. The van der Waals surface area contributed by atoms with E-state index in [-0.39, 0.29) is 5.69 Å². The summed E-state index contributed by atoms with van der Waals surface area (Å²) in [5.41, 5.74) is 0.864. The Labute approximate surface area is 111 Å². The number of rotatable bonds is 1. The highest BCUT2D eigenvalue weighted by Gasteiger charge is 2.11. The second-order valence-electron chi connectivity index (χ2n) is 4.03. The van der Waals surface area contributed by atoms with Gasteiger partial charge in [0.15, 0.2) is 11.6 Å². The van der Waals surface area contributed by atoms with Crippen molar-refractivity contribution in [3.63, 3.8) is 0 Å². The summed E-state index contributed by atoms with van der Waals surface area (Å²) in [4.78, 5) is 14.5. The van der Waals surface area contributed by atoms with Crippen LogP contribution in [0.4, 0.5) is 8.78 Å². The quantitative estimate of drug-likeness (QED) is 0.730. The Morgan fingerprint density at radius 3 is 2.58 bits per heavy atom. The number of hydrogen-bond donors (Lipinski definition) is 1. The number of halogens is 3. The van der Waals surface area contributed by atoms with Gasteiger partial charge in [0.05, 0.1) is 16.7 Å². The van der Waals surface area contributed by atoms with Crippen LogP contribution >= 0.6 is 11.6 Å². The Hall–Kier alpha value is -2.14. The lowest BCUT2D eigenvalue weighted by atomic mass is 10.2. The number of nitrogens with one attached hydrogen (secondary N) is 1. The highest BCUT2D eigenvalue weighted by Crippen LogP contribution is 2.20. The molecule has 0 aliphatic rings. The maximum Gasteiger partial charge on any atom is 0.331 e. The molecule has 0 saturated carbocycles. The summed E-state index contributed by atoms with van der Waals surface area (Å²) in [6.45, 7) is 0. The van der Waals surface area contributed by atoms with Crippen molar-refractivity contribution in [2.75, 3.05) is 0 Å². The highest BCUT2D eigenvalue weighted by molar-refractivity contribution is 6.31. The fourth-order valence-electron chi connectivity index (χ4n) is 1.96. The van der Waals surface area contributed by atoms with E-state index in [0.717, 1.165) is 12.1 Å². The normalized spacial score (nSPS) is 11.1. The molecule has 3 nitrogen and oxygen atoms in total. The molecule has 0 bridgehead atoms. The van der Waals surface area contributed by atoms with E-state index in [9.17, 15) is 13.6 Å². The number of nitrogens with zero attached hydrogens (tertiary/aromatic N) is 1. The number of hydrogen-bond acceptors (Lipinski definition) is 1. The van der Waals surface area contributed by atoms with Gasteiger partial charge in [-0.05, 0) is 30.3 Å². The van der Waals surface area contributed by atoms with E-state index >= 15 is 0 Å². The van der Waals surface area contributed by atoms with Gasteiger partial charge in [0, 0.05) is 11.1 Å². The van der Waals surface area contributed by atoms with Crippen molar-refractivity contribution in [2.45, 2.75) is 0 Å². The van der Waals surface area contributed by atoms with Gasteiger partial charge >= 0.3 is 5.69 Å². The van der Waals surface area contributed by atoms with Crippen LogP contribution in [0.25, 0.3) is 16.7 Å². The lowest BCUT2D eigenvalue weighted by Gasteiger charge is -2.04. The lowest BCUT2D eigenvalue weighted by molar-refractivity contribution is 0.508. The molecule has 19 heavy (non-hydrogen) atoms. The molecule has 0 spiro atoms. The third-order valence-electron chi connectivity index (χ3n) is 2.81. The zero-order chi connectivity index (χ0) is 13.6. The van der Waals surface area contributed by atoms with Gasteiger partial charge in [0.2, 0.25) is 0 Å². The molecule has 3 aromatic rings. The molecule has 2 aromatic carbocycles. The van der Waals surface area contributed by atoms with Crippen molar-refractivity contribution in [1.29, 1.82) is 0 Å². The summed E-state index contributed by atoms with van der Waals surface area (Å²) in [7, 11) is 0. The first kappa shape index (κ1) is 11.9. The van der Waals surface area contributed by atoms with Gasteiger partial charge in [-0.15, -0.1) is 0 Å². The van der Waals surface area contributed by atoms with E-state index in [2.05, 4.69) is 4.98 Å². The molecule has 0 radical (unpaired) electrons. The monoisotopic (exact) mass is 280 g/mol. The summed E-state index contributed by atoms with van der Waals surface area (Å²) >= 11 is 5.88. The fraction of sp³-hybridized carbons (Fsp3) is 0. The summed E-state index contributed by atoms with van der Waals surface area (Å²) < 4.78 is 27.4. The number of aromatic nitrogens is 2. The third-order valence-corrected chi connectivity index (χ3v) is 3.04. The van der Waals surface area contributed by atoms with E-state index in [1.165, 1.54) is 10.6 Å². The second-order valence-corrected chi connectivity index (χ2v) is 4.46. The fourth-order valence-corrected chi connectivity index (χ4v) is 2.12. The molecular formula is C13H7ClF2N2O. The van der Waals surface area contributed by atoms with Crippen LogP contribution in [0.1, 0.15) is 0 Å². The first-order valence-corrected chi connectivity index (χ1v) is 5.80. The van der Waals surface area contributed by atoms with Crippen LogP contribution < -0.4 is 5.69 Å². The van der Waals surface area contributed by atoms with Gasteiger partial charge < -0.3 is 4.98 Å². The van der Waals surface area contributed by atoms with Gasteiger partial charge in [-0.2, -0.15) is 0 Å². The van der Waals surface area contributed by atoms with Crippen LogP contribution in [0.3, 0.4) is 0 Å². The van der Waals surface area contributed by atoms with Gasteiger partial charge in [0.25, 0.3) is 0 Å². The van der Waals surface area contributed by atoms with Crippen LogP contribution in [0.15, 0.2) is 41.2 Å². The van der Waals surface area contributed by atoms with Crippen LogP contribution in [0.2, 0.25) is 5.02 Å². The van der Waals surface area contributed by atoms with E-state index < -0.39 is 17.3 Å². The Morgan fingerprint density at radius 2 is 1.84 bits per heavy atom. The van der Waals surface area contributed by atoms with E-state index in [1.54, 1.807) is 18.2 Å². The average molecular weight is 281 g/mol. The number of H-pyrrole nitrogens is 1. The molecule has 96 valence electrons. The predicted octanol–water partition coefficient (Wildman–Crippen LogP) is 3.25. The topological polar surface area (TPSA) is 37.8 Å². The molecule has 0 aliphatic carbocycles. The zero-order valence-electron chi connectivity index (χ0n) is 9.45. The molecule has 0 amide bonds. The molecular weight excluding hydrogens is 274 g/mol. The molecule has 1 aromatic heterocycles. The van der Waals surface area contributed by atoms with Gasteiger partial charge in [-0.3, -0.25) is 4.57 Å². The second kappa shape index (κ2) is 4.20. The number of fused-ring (bicyclic) bond motifs is 1. The van der Waals surface area contributed by atoms with Crippen molar-refractivity contribution < 1.29 is 8.78 Å². The molecule has 0 unspecified atom stereocenters. The minimum absolute atomic E-state index is 0.234. The number of imidazole rings is 1. The molecule has 0 saturated heterocycles. The maximum absolute atomic E-state index is 13.3. The summed E-state index contributed by atoms with van der Waals surface area (Å²) in [6.07, 6.45) is 0. The van der Waals surface area contributed by atoms with Crippen LogP contribution in [-0.4, -0.2) is 9.55 Å². The molecule has 1 N–H and O–H groups in total. The van der Waals surface area contributed by atoms with Crippen LogP contribution in [-0.2, 0) is 0 Å². The number of benzene rings is 2. The molecule has 0 atom stereocenters. The Balaban J connectivity index is 2.35. The minimum Gasteiger partial charge on any atom is -0.305 e. The van der Waals surface area contributed by atoms with Crippen LogP contribution in [0, 0.1) is 11.6 Å². The van der Waals surface area contributed by atoms with E-state index in [1.807, 2.05) is 0 Å². The molecule has 0 aliphatic heterocycles. The van der Waals surface area contributed by atoms with E-state index in [0.29, 0.717) is 16.1 Å². The van der Waals surface area contributed by atoms with Crippen molar-refractivity contribution in [3.05, 3.63) is 63.5 Å². The molecule has 1 heterocycles. The SMILES string of the molecule is O=c1[nH]c2ccc(Cl)cc2n1-c1ccc(F)c(F)c1.